The van der Waals surface area contributed by atoms with Crippen LogP contribution in [0, 0.1) is 24.2 Å². The molecule has 27 heavy (non-hydrogen) atoms. The monoisotopic (exact) mass is 357 g/mol. The third-order valence-electron chi connectivity index (χ3n) is 4.11. The van der Waals surface area contributed by atoms with Crippen molar-refractivity contribution in [1.82, 2.24) is 4.90 Å². The minimum atomic E-state index is 0.0580. The van der Waals surface area contributed by atoms with E-state index >= 15 is 0 Å². The molecule has 0 radical (unpaired) electrons. The van der Waals surface area contributed by atoms with Crippen LogP contribution in [0.2, 0.25) is 0 Å². The molecule has 0 atom stereocenters. The molecular formula is C26H31N. The van der Waals surface area contributed by atoms with Crippen molar-refractivity contribution in [3.05, 3.63) is 82.9 Å². The van der Waals surface area contributed by atoms with Crippen molar-refractivity contribution in [1.29, 1.82) is 0 Å². The molecule has 1 heteroatoms. The fourth-order valence-electron chi connectivity index (χ4n) is 2.68. The maximum atomic E-state index is 3.22. The molecule has 0 saturated heterocycles. The van der Waals surface area contributed by atoms with Crippen LogP contribution < -0.4 is 0 Å². The maximum Gasteiger partial charge on any atom is 0.0234 e. The molecule has 0 spiro atoms. The standard InChI is InChI=1S/C26H31N/c1-22-12-7-8-15-25(22)17-16-23-13-11-14-24(20-23)21-27(5)19-10-6-9-18-26(2,3)4/h6-8,10-17,20H,19,21H2,1-5H3/b10-6+,17-16+. The van der Waals surface area contributed by atoms with E-state index in [-0.39, 0.29) is 5.41 Å². The van der Waals surface area contributed by atoms with E-state index in [2.05, 4.69) is 118 Å². The number of aryl methyl sites for hydroxylation is 1. The van der Waals surface area contributed by atoms with Crippen LogP contribution in [0.4, 0.5) is 0 Å². The first-order valence-corrected chi connectivity index (χ1v) is 9.52. The molecule has 0 unspecified atom stereocenters. The summed E-state index contributed by atoms with van der Waals surface area (Å²) in [6, 6.07) is 17.2. The van der Waals surface area contributed by atoms with Crippen LogP contribution in [-0.2, 0) is 6.54 Å². The molecule has 0 aliphatic rings. The van der Waals surface area contributed by atoms with Crippen LogP contribution in [0.15, 0.2) is 60.7 Å². The highest BCUT2D eigenvalue weighted by Gasteiger charge is 2.02. The molecule has 0 N–H and O–H groups in total. The van der Waals surface area contributed by atoms with E-state index in [4.69, 9.17) is 0 Å². The lowest BCUT2D eigenvalue weighted by Crippen LogP contribution is -2.17. The third-order valence-corrected chi connectivity index (χ3v) is 4.11. The van der Waals surface area contributed by atoms with E-state index < -0.39 is 0 Å². The highest BCUT2D eigenvalue weighted by molar-refractivity contribution is 5.71. The van der Waals surface area contributed by atoms with Crippen LogP contribution >= 0.6 is 0 Å². The number of hydrogen-bond acceptors (Lipinski definition) is 1. The molecule has 0 aromatic heterocycles. The number of rotatable bonds is 6. The topological polar surface area (TPSA) is 3.24 Å². The summed E-state index contributed by atoms with van der Waals surface area (Å²) in [6.07, 6.45) is 8.46. The molecule has 2 aromatic rings. The molecule has 0 heterocycles. The van der Waals surface area contributed by atoms with Crippen LogP contribution in [0.5, 0.6) is 0 Å². The minimum Gasteiger partial charge on any atom is -0.298 e. The Morgan fingerprint density at radius 3 is 2.52 bits per heavy atom. The number of allylic oxidation sites excluding steroid dienone is 1. The summed E-state index contributed by atoms with van der Waals surface area (Å²) in [6.45, 7) is 10.3. The molecule has 0 fully saturated rings. The fraction of sp³-hybridized carbons (Fsp3) is 0.308. The first-order chi connectivity index (χ1) is 12.8. The molecule has 0 aliphatic carbocycles. The van der Waals surface area contributed by atoms with Gasteiger partial charge >= 0.3 is 0 Å². The zero-order chi connectivity index (χ0) is 19.7. The number of nitrogens with zero attached hydrogens (tertiary/aromatic N) is 1. The van der Waals surface area contributed by atoms with E-state index in [9.17, 15) is 0 Å². The average Bonchev–Trinajstić information content (AvgIpc) is 2.60. The van der Waals surface area contributed by atoms with E-state index in [1.165, 1.54) is 22.3 Å². The normalized spacial score (nSPS) is 11.9. The Bertz CT molecular complexity index is 854. The van der Waals surface area contributed by atoms with Crippen molar-refractivity contribution in [2.45, 2.75) is 34.2 Å². The molecule has 0 saturated carbocycles. The molecular weight excluding hydrogens is 326 g/mol. The number of likely N-dealkylation sites (N-methyl/N-ethyl adjacent to an activating group) is 1. The van der Waals surface area contributed by atoms with Crippen molar-refractivity contribution >= 4 is 12.2 Å². The van der Waals surface area contributed by atoms with Gasteiger partial charge in [-0.15, -0.1) is 0 Å². The molecule has 2 aromatic carbocycles. The van der Waals surface area contributed by atoms with Gasteiger partial charge in [0.1, 0.15) is 0 Å². The Morgan fingerprint density at radius 1 is 1.00 bits per heavy atom. The fourth-order valence-corrected chi connectivity index (χ4v) is 2.68. The summed E-state index contributed by atoms with van der Waals surface area (Å²) < 4.78 is 0. The van der Waals surface area contributed by atoms with Crippen LogP contribution in [0.3, 0.4) is 0 Å². The van der Waals surface area contributed by atoms with Crippen molar-refractivity contribution in [3.8, 4) is 11.8 Å². The van der Waals surface area contributed by atoms with Gasteiger partial charge in [0.05, 0.1) is 0 Å². The third kappa shape index (κ3) is 8.11. The summed E-state index contributed by atoms with van der Waals surface area (Å²) in [7, 11) is 2.14. The zero-order valence-corrected chi connectivity index (χ0v) is 17.3. The van der Waals surface area contributed by atoms with E-state index in [0.29, 0.717) is 0 Å². The van der Waals surface area contributed by atoms with Gasteiger partial charge in [0, 0.05) is 18.5 Å². The van der Waals surface area contributed by atoms with Crippen LogP contribution in [0.25, 0.3) is 12.2 Å². The van der Waals surface area contributed by atoms with Gasteiger partial charge < -0.3 is 0 Å². The first-order valence-electron chi connectivity index (χ1n) is 9.52. The zero-order valence-electron chi connectivity index (χ0n) is 17.3. The van der Waals surface area contributed by atoms with Gasteiger partial charge in [-0.2, -0.15) is 0 Å². The van der Waals surface area contributed by atoms with Gasteiger partial charge in [-0.25, -0.2) is 0 Å². The molecule has 0 bridgehead atoms. The van der Waals surface area contributed by atoms with E-state index in [0.717, 1.165) is 13.1 Å². The smallest absolute Gasteiger partial charge is 0.0234 e. The van der Waals surface area contributed by atoms with Crippen LogP contribution in [-0.4, -0.2) is 18.5 Å². The summed E-state index contributed by atoms with van der Waals surface area (Å²) in [4.78, 5) is 2.29. The van der Waals surface area contributed by atoms with Gasteiger partial charge in [-0.3, -0.25) is 4.90 Å². The predicted molar refractivity (Wildman–Crippen MR) is 119 cm³/mol. The van der Waals surface area contributed by atoms with Crippen molar-refractivity contribution in [2.75, 3.05) is 13.6 Å². The SMILES string of the molecule is Cc1ccccc1/C=C/c1cccc(CN(C)C/C=C/C#CC(C)(C)C)c1. The van der Waals surface area contributed by atoms with Gasteiger partial charge in [0.25, 0.3) is 0 Å². The molecule has 0 amide bonds. The first kappa shape index (κ1) is 20.7. The second-order valence-electron chi connectivity index (χ2n) is 8.05. The lowest BCUT2D eigenvalue weighted by Gasteiger charge is -2.14. The van der Waals surface area contributed by atoms with Gasteiger partial charge in [-0.05, 0) is 63.1 Å². The minimum absolute atomic E-state index is 0.0580. The summed E-state index contributed by atoms with van der Waals surface area (Å²) in [5.74, 6) is 6.35. The Hall–Kier alpha value is -2.56. The Labute approximate surface area is 165 Å². The number of hydrogen-bond donors (Lipinski definition) is 0. The maximum absolute atomic E-state index is 3.22. The van der Waals surface area contributed by atoms with Crippen LogP contribution in [0.1, 0.15) is 43.0 Å². The number of benzene rings is 2. The Morgan fingerprint density at radius 2 is 1.78 bits per heavy atom. The van der Waals surface area contributed by atoms with Crippen molar-refractivity contribution in [3.63, 3.8) is 0 Å². The largest absolute Gasteiger partial charge is 0.298 e. The van der Waals surface area contributed by atoms with Crippen molar-refractivity contribution < 1.29 is 0 Å². The molecule has 140 valence electrons. The lowest BCUT2D eigenvalue weighted by molar-refractivity contribution is 0.363. The van der Waals surface area contributed by atoms with Crippen molar-refractivity contribution in [2.24, 2.45) is 5.41 Å². The second-order valence-corrected chi connectivity index (χ2v) is 8.05. The van der Waals surface area contributed by atoms with Gasteiger partial charge in [-0.1, -0.05) is 78.6 Å². The predicted octanol–water partition coefficient (Wildman–Crippen LogP) is 6.20. The van der Waals surface area contributed by atoms with E-state index in [1.54, 1.807) is 0 Å². The van der Waals surface area contributed by atoms with E-state index in [1.807, 2.05) is 6.08 Å². The summed E-state index contributed by atoms with van der Waals surface area (Å²) in [5.41, 5.74) is 5.17. The Kier molecular flexibility index (Phi) is 7.65. The van der Waals surface area contributed by atoms with Gasteiger partial charge in [0.15, 0.2) is 0 Å². The second kappa shape index (κ2) is 9.95. The molecule has 0 aliphatic heterocycles. The molecule has 1 nitrogen and oxygen atoms in total. The lowest BCUT2D eigenvalue weighted by atomic mass is 9.98. The Balaban J connectivity index is 1.94. The summed E-state index contributed by atoms with van der Waals surface area (Å²) in [5, 5.41) is 0. The highest BCUT2D eigenvalue weighted by Crippen LogP contribution is 2.14. The van der Waals surface area contributed by atoms with Gasteiger partial charge in [0.2, 0.25) is 0 Å². The summed E-state index contributed by atoms with van der Waals surface area (Å²) >= 11 is 0. The average molecular weight is 358 g/mol. The quantitative estimate of drug-likeness (QED) is 0.439. The highest BCUT2D eigenvalue weighted by atomic mass is 15.1. The molecule has 2 rings (SSSR count).